The fraction of sp³-hybridized carbons (Fsp3) is 0.300. The Labute approximate surface area is 151 Å². The number of halogens is 1. The maximum absolute atomic E-state index is 13.0. The van der Waals surface area contributed by atoms with Gasteiger partial charge in [-0.1, -0.05) is 12.1 Å². The highest BCUT2D eigenvalue weighted by molar-refractivity contribution is 6.00. The van der Waals surface area contributed by atoms with Gasteiger partial charge in [0, 0.05) is 25.2 Å². The molecule has 2 amide bonds. The third-order valence-electron chi connectivity index (χ3n) is 4.34. The Balaban J connectivity index is 1.55. The summed E-state index contributed by atoms with van der Waals surface area (Å²) in [4.78, 5) is 26.1. The maximum Gasteiger partial charge on any atom is 0.227 e. The Morgan fingerprint density at radius 1 is 1.19 bits per heavy atom. The highest BCUT2D eigenvalue weighted by Gasteiger charge is 2.34. The first-order valence-electron chi connectivity index (χ1n) is 8.62. The summed E-state index contributed by atoms with van der Waals surface area (Å²) in [7, 11) is 0. The third kappa shape index (κ3) is 4.20. The maximum atomic E-state index is 13.0. The minimum atomic E-state index is -0.407. The standard InChI is InChI=1S/C20H21FN2O3/c1-2-26-18-9-3-14(4-10-18)12-22-20(25)15-11-19(24)23(13-15)17-7-5-16(21)6-8-17/h3-10,15H,2,11-13H2,1H3,(H,22,25)/t15-/m0/s1. The number of ether oxygens (including phenoxy) is 1. The van der Waals surface area contributed by atoms with E-state index < -0.39 is 5.92 Å². The van der Waals surface area contributed by atoms with E-state index >= 15 is 0 Å². The van der Waals surface area contributed by atoms with Gasteiger partial charge in [0.2, 0.25) is 11.8 Å². The topological polar surface area (TPSA) is 58.6 Å². The fourth-order valence-corrected chi connectivity index (χ4v) is 2.96. The summed E-state index contributed by atoms with van der Waals surface area (Å²) in [5, 5.41) is 2.88. The van der Waals surface area contributed by atoms with E-state index in [2.05, 4.69) is 5.32 Å². The molecule has 1 aliphatic rings. The van der Waals surface area contributed by atoms with Crippen LogP contribution in [0.15, 0.2) is 48.5 Å². The Morgan fingerprint density at radius 3 is 2.54 bits per heavy atom. The number of benzene rings is 2. The van der Waals surface area contributed by atoms with E-state index in [0.717, 1.165) is 11.3 Å². The number of amides is 2. The predicted molar refractivity (Wildman–Crippen MR) is 96.3 cm³/mol. The lowest BCUT2D eigenvalue weighted by molar-refractivity contribution is -0.126. The molecule has 136 valence electrons. The average molecular weight is 356 g/mol. The van der Waals surface area contributed by atoms with E-state index in [4.69, 9.17) is 4.74 Å². The van der Waals surface area contributed by atoms with Gasteiger partial charge in [0.15, 0.2) is 0 Å². The van der Waals surface area contributed by atoms with Crippen molar-refractivity contribution >= 4 is 17.5 Å². The van der Waals surface area contributed by atoms with Gasteiger partial charge in [-0.2, -0.15) is 0 Å². The Kier molecular flexibility index (Phi) is 5.51. The zero-order valence-electron chi connectivity index (χ0n) is 14.6. The molecule has 6 heteroatoms. The molecule has 2 aromatic carbocycles. The smallest absolute Gasteiger partial charge is 0.227 e. The van der Waals surface area contributed by atoms with Gasteiger partial charge in [-0.05, 0) is 48.9 Å². The van der Waals surface area contributed by atoms with Crippen molar-refractivity contribution in [1.82, 2.24) is 5.32 Å². The van der Waals surface area contributed by atoms with Crippen molar-refractivity contribution in [3.05, 3.63) is 59.9 Å². The second-order valence-electron chi connectivity index (χ2n) is 6.18. The Morgan fingerprint density at radius 2 is 1.88 bits per heavy atom. The number of hydrogen-bond acceptors (Lipinski definition) is 3. The van der Waals surface area contributed by atoms with Gasteiger partial charge in [-0.25, -0.2) is 4.39 Å². The number of carbonyl (C=O) groups excluding carboxylic acids is 2. The van der Waals surface area contributed by atoms with Gasteiger partial charge in [-0.3, -0.25) is 9.59 Å². The molecule has 2 aromatic rings. The highest BCUT2D eigenvalue weighted by Crippen LogP contribution is 2.25. The number of nitrogens with one attached hydrogen (secondary N) is 1. The van der Waals surface area contributed by atoms with E-state index in [-0.39, 0.29) is 24.1 Å². The van der Waals surface area contributed by atoms with Crippen LogP contribution in [0.25, 0.3) is 0 Å². The van der Waals surface area contributed by atoms with E-state index in [1.165, 1.54) is 17.0 Å². The normalized spacial score (nSPS) is 16.6. The van der Waals surface area contributed by atoms with Crippen LogP contribution < -0.4 is 15.0 Å². The van der Waals surface area contributed by atoms with Gasteiger partial charge >= 0.3 is 0 Å². The van der Waals surface area contributed by atoms with Crippen LogP contribution in [0.2, 0.25) is 0 Å². The molecule has 5 nitrogen and oxygen atoms in total. The van der Waals surface area contributed by atoms with E-state index in [1.54, 1.807) is 12.1 Å². The number of anilines is 1. The van der Waals surface area contributed by atoms with Crippen LogP contribution in [-0.2, 0) is 16.1 Å². The summed E-state index contributed by atoms with van der Waals surface area (Å²) in [6.45, 7) is 3.23. The van der Waals surface area contributed by atoms with Crippen LogP contribution >= 0.6 is 0 Å². The Hall–Kier alpha value is -2.89. The summed E-state index contributed by atoms with van der Waals surface area (Å²) in [6, 6.07) is 13.2. The van der Waals surface area contributed by atoms with Crippen LogP contribution in [0, 0.1) is 11.7 Å². The zero-order valence-corrected chi connectivity index (χ0v) is 14.6. The lowest BCUT2D eigenvalue weighted by Crippen LogP contribution is -2.32. The molecule has 1 aliphatic heterocycles. The first-order chi connectivity index (χ1) is 12.6. The van der Waals surface area contributed by atoms with Crippen molar-refractivity contribution < 1.29 is 18.7 Å². The summed E-state index contributed by atoms with van der Waals surface area (Å²) in [6.07, 6.45) is 0.159. The van der Waals surface area contributed by atoms with E-state index in [1.807, 2.05) is 31.2 Å². The molecular formula is C20H21FN2O3. The number of carbonyl (C=O) groups is 2. The second-order valence-corrected chi connectivity index (χ2v) is 6.18. The van der Waals surface area contributed by atoms with Crippen LogP contribution in [0.4, 0.5) is 10.1 Å². The molecule has 0 aromatic heterocycles. The minimum absolute atomic E-state index is 0.127. The lowest BCUT2D eigenvalue weighted by Gasteiger charge is -2.16. The quantitative estimate of drug-likeness (QED) is 0.866. The lowest BCUT2D eigenvalue weighted by atomic mass is 10.1. The molecule has 0 radical (unpaired) electrons. The second kappa shape index (κ2) is 7.99. The average Bonchev–Trinajstić information content (AvgIpc) is 3.04. The largest absolute Gasteiger partial charge is 0.494 e. The van der Waals surface area contributed by atoms with Crippen LogP contribution in [0.5, 0.6) is 5.75 Å². The summed E-state index contributed by atoms with van der Waals surface area (Å²) in [5.41, 5.74) is 1.57. The molecule has 0 bridgehead atoms. The Bertz CT molecular complexity index is 775. The molecule has 0 saturated carbocycles. The molecule has 1 atom stereocenters. The number of rotatable bonds is 6. The molecule has 0 spiro atoms. The molecule has 1 saturated heterocycles. The van der Waals surface area contributed by atoms with Crippen molar-refractivity contribution in [2.45, 2.75) is 19.9 Å². The summed E-state index contributed by atoms with van der Waals surface area (Å²) < 4.78 is 18.4. The van der Waals surface area contributed by atoms with E-state index in [0.29, 0.717) is 25.4 Å². The van der Waals surface area contributed by atoms with Crippen molar-refractivity contribution in [2.75, 3.05) is 18.1 Å². The third-order valence-corrected chi connectivity index (χ3v) is 4.34. The molecule has 1 fully saturated rings. The zero-order chi connectivity index (χ0) is 18.5. The van der Waals surface area contributed by atoms with Crippen LogP contribution in [0.3, 0.4) is 0 Å². The SMILES string of the molecule is CCOc1ccc(CNC(=O)[C@H]2CC(=O)N(c3ccc(F)cc3)C2)cc1. The van der Waals surface area contributed by atoms with Gasteiger partial charge in [0.05, 0.1) is 12.5 Å². The monoisotopic (exact) mass is 356 g/mol. The van der Waals surface area contributed by atoms with Crippen molar-refractivity contribution in [1.29, 1.82) is 0 Å². The first kappa shape index (κ1) is 17.9. The summed E-state index contributed by atoms with van der Waals surface area (Å²) in [5.74, 6) is -0.256. The molecule has 3 rings (SSSR count). The van der Waals surface area contributed by atoms with E-state index in [9.17, 15) is 14.0 Å². The van der Waals surface area contributed by atoms with Crippen molar-refractivity contribution in [3.63, 3.8) is 0 Å². The number of hydrogen-bond donors (Lipinski definition) is 1. The minimum Gasteiger partial charge on any atom is -0.494 e. The molecule has 0 unspecified atom stereocenters. The molecule has 26 heavy (non-hydrogen) atoms. The molecule has 1 heterocycles. The molecular weight excluding hydrogens is 335 g/mol. The highest BCUT2D eigenvalue weighted by atomic mass is 19.1. The van der Waals surface area contributed by atoms with Gasteiger partial charge in [0.1, 0.15) is 11.6 Å². The van der Waals surface area contributed by atoms with Crippen LogP contribution in [-0.4, -0.2) is 25.0 Å². The molecule has 1 N–H and O–H groups in total. The van der Waals surface area contributed by atoms with Crippen molar-refractivity contribution in [2.24, 2.45) is 5.92 Å². The summed E-state index contributed by atoms with van der Waals surface area (Å²) >= 11 is 0. The molecule has 0 aliphatic carbocycles. The first-order valence-corrected chi connectivity index (χ1v) is 8.62. The van der Waals surface area contributed by atoms with Gasteiger partial charge in [0.25, 0.3) is 0 Å². The van der Waals surface area contributed by atoms with Crippen molar-refractivity contribution in [3.8, 4) is 5.75 Å². The predicted octanol–water partition coefficient (Wildman–Crippen LogP) is 2.89. The number of nitrogens with zero attached hydrogens (tertiary/aromatic N) is 1. The van der Waals surface area contributed by atoms with Gasteiger partial charge in [-0.15, -0.1) is 0 Å². The fourth-order valence-electron chi connectivity index (χ4n) is 2.96. The van der Waals surface area contributed by atoms with Gasteiger partial charge < -0.3 is 15.0 Å². The van der Waals surface area contributed by atoms with Crippen LogP contribution in [0.1, 0.15) is 18.9 Å².